The number of benzene rings is 2. The minimum atomic E-state index is -4.58. The molecule has 0 radical (unpaired) electrons. The number of fused-ring (bicyclic) bond motifs is 3. The summed E-state index contributed by atoms with van der Waals surface area (Å²) in [6, 6.07) is 12.7. The Kier molecular flexibility index (Phi) is 5.26. The lowest BCUT2D eigenvalue weighted by molar-refractivity contribution is -0.137. The molecule has 10 heteroatoms. The molecule has 1 aliphatic heterocycles. The highest BCUT2D eigenvalue weighted by Crippen LogP contribution is 2.39. The van der Waals surface area contributed by atoms with E-state index < -0.39 is 17.3 Å². The summed E-state index contributed by atoms with van der Waals surface area (Å²) in [4.78, 5) is 19.4. The number of aromatic amines is 1. The van der Waals surface area contributed by atoms with E-state index in [1.165, 1.54) is 16.7 Å². The number of hydrogen-bond donors (Lipinski definition) is 2. The zero-order valence-electron chi connectivity index (χ0n) is 19.0. The van der Waals surface area contributed by atoms with Crippen LogP contribution in [0.15, 0.2) is 71.9 Å². The predicted octanol–water partition coefficient (Wildman–Crippen LogP) is 4.36. The Morgan fingerprint density at radius 3 is 2.50 bits per heavy atom. The van der Waals surface area contributed by atoms with Crippen LogP contribution in [0.3, 0.4) is 0 Å². The average molecular weight is 490 g/mol. The number of pyridine rings is 2. The molecule has 182 valence electrons. The number of H-pyrrole nitrogens is 1. The predicted molar refractivity (Wildman–Crippen MR) is 133 cm³/mol. The van der Waals surface area contributed by atoms with E-state index in [-0.39, 0.29) is 11.4 Å². The molecular weight excluding hydrogens is 469 g/mol. The van der Waals surface area contributed by atoms with E-state index in [0.717, 1.165) is 17.2 Å². The van der Waals surface area contributed by atoms with Gasteiger partial charge < -0.3 is 10.2 Å². The third-order valence-corrected chi connectivity index (χ3v) is 6.55. The first kappa shape index (κ1) is 22.3. The average Bonchev–Trinajstić information content (AvgIpc) is 3.43. The first-order valence-corrected chi connectivity index (χ1v) is 11.5. The molecule has 0 spiro atoms. The van der Waals surface area contributed by atoms with Crippen LogP contribution in [-0.2, 0) is 6.18 Å². The molecule has 1 saturated heterocycles. The van der Waals surface area contributed by atoms with E-state index in [0.29, 0.717) is 48.0 Å². The van der Waals surface area contributed by atoms with Gasteiger partial charge in [-0.15, -0.1) is 0 Å². The zero-order chi connectivity index (χ0) is 24.9. The van der Waals surface area contributed by atoms with Crippen molar-refractivity contribution in [2.45, 2.75) is 6.18 Å². The number of piperazine rings is 1. The fraction of sp³-hybridized carbons (Fsp3) is 0.192. The third-order valence-electron chi connectivity index (χ3n) is 6.55. The van der Waals surface area contributed by atoms with Crippen LogP contribution in [0.4, 0.5) is 18.9 Å². The van der Waals surface area contributed by atoms with Crippen molar-refractivity contribution >= 4 is 27.5 Å². The Bertz CT molecular complexity index is 1640. The van der Waals surface area contributed by atoms with Gasteiger partial charge in [0, 0.05) is 66.7 Å². The second-order valence-electron chi connectivity index (χ2n) is 8.72. The van der Waals surface area contributed by atoms with Gasteiger partial charge in [-0.1, -0.05) is 6.07 Å². The first-order chi connectivity index (χ1) is 17.4. The van der Waals surface area contributed by atoms with Crippen LogP contribution in [0, 0.1) is 0 Å². The van der Waals surface area contributed by atoms with Gasteiger partial charge >= 0.3 is 6.18 Å². The fourth-order valence-corrected chi connectivity index (χ4v) is 4.83. The van der Waals surface area contributed by atoms with E-state index >= 15 is 0 Å². The molecule has 4 heterocycles. The Morgan fingerprint density at radius 2 is 1.75 bits per heavy atom. The molecular formula is C26H21F3N6O. The summed E-state index contributed by atoms with van der Waals surface area (Å²) in [5, 5.41) is 11.2. The molecule has 36 heavy (non-hydrogen) atoms. The minimum Gasteiger partial charge on any atom is -0.368 e. The Hall–Kier alpha value is -4.18. The molecule has 2 N–H and O–H groups in total. The summed E-state index contributed by atoms with van der Waals surface area (Å²) in [7, 11) is 0. The second kappa shape index (κ2) is 8.49. The molecule has 1 aliphatic rings. The number of halogens is 3. The fourth-order valence-electron chi connectivity index (χ4n) is 4.83. The molecule has 0 atom stereocenters. The highest BCUT2D eigenvalue weighted by Gasteiger charge is 2.36. The molecule has 0 bridgehead atoms. The molecule has 0 unspecified atom stereocenters. The third kappa shape index (κ3) is 3.79. The van der Waals surface area contributed by atoms with Gasteiger partial charge in [0.15, 0.2) is 0 Å². The van der Waals surface area contributed by atoms with E-state index in [1.54, 1.807) is 35.6 Å². The second-order valence-corrected chi connectivity index (χ2v) is 8.72. The number of nitrogens with zero attached hydrogens (tertiary/aromatic N) is 4. The number of anilines is 1. The van der Waals surface area contributed by atoms with Crippen molar-refractivity contribution in [3.63, 3.8) is 0 Å². The number of hydrogen-bond acceptors (Lipinski definition) is 5. The van der Waals surface area contributed by atoms with Gasteiger partial charge in [0.25, 0.3) is 5.56 Å². The molecule has 7 nitrogen and oxygen atoms in total. The number of nitrogens with one attached hydrogen (secondary N) is 2. The van der Waals surface area contributed by atoms with Crippen molar-refractivity contribution < 1.29 is 13.2 Å². The van der Waals surface area contributed by atoms with Crippen molar-refractivity contribution in [3.05, 3.63) is 83.0 Å². The number of rotatable bonds is 3. The Balaban J connectivity index is 1.61. The van der Waals surface area contributed by atoms with Gasteiger partial charge in [0.05, 0.1) is 28.5 Å². The quantitative estimate of drug-likeness (QED) is 0.368. The van der Waals surface area contributed by atoms with Gasteiger partial charge in [-0.05, 0) is 42.0 Å². The summed E-state index contributed by atoms with van der Waals surface area (Å²) < 4.78 is 44.0. The van der Waals surface area contributed by atoms with Gasteiger partial charge in [-0.2, -0.15) is 18.3 Å². The normalized spacial score (nSPS) is 14.6. The summed E-state index contributed by atoms with van der Waals surface area (Å²) in [5.41, 5.74) is 1.91. The molecule has 2 aromatic carbocycles. The van der Waals surface area contributed by atoms with E-state index in [9.17, 15) is 18.0 Å². The van der Waals surface area contributed by atoms with Crippen molar-refractivity contribution in [3.8, 4) is 16.8 Å². The monoisotopic (exact) mass is 490 g/mol. The van der Waals surface area contributed by atoms with Crippen LogP contribution in [0.2, 0.25) is 0 Å². The number of aromatic nitrogens is 4. The molecule has 3 aromatic heterocycles. The smallest absolute Gasteiger partial charge is 0.368 e. The lowest BCUT2D eigenvalue weighted by atomic mass is 10.0. The van der Waals surface area contributed by atoms with E-state index in [2.05, 4.69) is 20.5 Å². The first-order valence-electron chi connectivity index (χ1n) is 11.5. The van der Waals surface area contributed by atoms with Crippen molar-refractivity contribution in [2.75, 3.05) is 31.1 Å². The van der Waals surface area contributed by atoms with Crippen LogP contribution in [0.25, 0.3) is 38.6 Å². The lowest BCUT2D eigenvalue weighted by Crippen LogP contribution is -2.44. The van der Waals surface area contributed by atoms with Crippen LogP contribution >= 0.6 is 0 Å². The summed E-state index contributed by atoms with van der Waals surface area (Å²) in [6.07, 6.45) is 0.474. The standard InChI is InChI=1S/C26H21F3N6O/c27-26(28,29)21-12-19(3-5-23(21)34-9-7-30-8-10-34)35-24(36)6-2-17-13-31-22-4-1-16(11-20(22)25(17)35)18-14-32-33-15-18/h1-6,11-15,30H,7-10H2,(H,32,33). The maximum atomic E-state index is 14.2. The number of alkyl halides is 3. The minimum absolute atomic E-state index is 0.120. The zero-order valence-corrected chi connectivity index (χ0v) is 19.0. The summed E-state index contributed by atoms with van der Waals surface area (Å²) in [5.74, 6) is 0. The summed E-state index contributed by atoms with van der Waals surface area (Å²) >= 11 is 0. The molecule has 1 fully saturated rings. The summed E-state index contributed by atoms with van der Waals surface area (Å²) in [6.45, 7) is 2.17. The van der Waals surface area contributed by atoms with Gasteiger partial charge in [-0.25, -0.2) is 0 Å². The maximum Gasteiger partial charge on any atom is 0.418 e. The highest BCUT2D eigenvalue weighted by atomic mass is 19.4. The van der Waals surface area contributed by atoms with Crippen molar-refractivity contribution in [1.82, 2.24) is 25.1 Å². The topological polar surface area (TPSA) is 78.8 Å². The Labute approximate surface area is 203 Å². The molecule has 0 amide bonds. The SMILES string of the molecule is O=c1ccc2cnc3ccc(-c4cn[nH]c4)cc3c2n1-c1ccc(N2CCNCC2)c(C(F)(F)F)c1. The molecule has 5 aromatic rings. The molecule has 0 aliphatic carbocycles. The molecule has 0 saturated carbocycles. The maximum absolute atomic E-state index is 14.2. The Morgan fingerprint density at radius 1 is 0.917 bits per heavy atom. The van der Waals surface area contributed by atoms with Crippen molar-refractivity contribution in [2.24, 2.45) is 0 Å². The molecule has 6 rings (SSSR count). The van der Waals surface area contributed by atoms with E-state index in [4.69, 9.17) is 0 Å². The van der Waals surface area contributed by atoms with Gasteiger partial charge in [-0.3, -0.25) is 19.4 Å². The van der Waals surface area contributed by atoms with Crippen LogP contribution < -0.4 is 15.8 Å². The van der Waals surface area contributed by atoms with Crippen LogP contribution in [0.5, 0.6) is 0 Å². The van der Waals surface area contributed by atoms with Crippen molar-refractivity contribution in [1.29, 1.82) is 0 Å². The lowest BCUT2D eigenvalue weighted by Gasteiger charge is -2.32. The van der Waals surface area contributed by atoms with Gasteiger partial charge in [0.2, 0.25) is 0 Å². The van der Waals surface area contributed by atoms with Crippen LogP contribution in [0.1, 0.15) is 5.56 Å². The van der Waals surface area contributed by atoms with Crippen LogP contribution in [-0.4, -0.2) is 45.9 Å². The van der Waals surface area contributed by atoms with E-state index in [1.807, 2.05) is 18.2 Å². The highest BCUT2D eigenvalue weighted by molar-refractivity contribution is 6.05. The largest absolute Gasteiger partial charge is 0.418 e. The van der Waals surface area contributed by atoms with Gasteiger partial charge in [0.1, 0.15) is 0 Å².